The normalized spacial score (nSPS) is 12.7. The van der Waals surface area contributed by atoms with E-state index in [1.54, 1.807) is 25.1 Å². The summed E-state index contributed by atoms with van der Waals surface area (Å²) in [5.74, 6) is 0.727. The van der Waals surface area contributed by atoms with Crippen LogP contribution in [0.3, 0.4) is 0 Å². The molecule has 0 bridgehead atoms. The lowest BCUT2D eigenvalue weighted by Gasteiger charge is -2.24. The minimum absolute atomic E-state index is 0.0743. The van der Waals surface area contributed by atoms with Crippen molar-refractivity contribution in [2.24, 2.45) is 0 Å². The zero-order chi connectivity index (χ0) is 20.9. The van der Waals surface area contributed by atoms with E-state index in [0.717, 1.165) is 16.7 Å². The minimum atomic E-state index is -1.21. The van der Waals surface area contributed by atoms with Gasteiger partial charge in [0.2, 0.25) is 0 Å². The first kappa shape index (κ1) is 20.4. The molecule has 3 aromatic carbocycles. The van der Waals surface area contributed by atoms with Gasteiger partial charge in [-0.05, 0) is 41.8 Å². The van der Waals surface area contributed by atoms with E-state index in [1.165, 1.54) is 14.2 Å². The topological polar surface area (TPSA) is 67.8 Å². The van der Waals surface area contributed by atoms with Crippen LogP contribution < -0.4 is 14.8 Å². The lowest BCUT2D eigenvalue weighted by atomic mass is 9.93. The molecule has 3 aromatic rings. The number of nitrogens with one attached hydrogen (secondary N) is 1. The third-order valence-electron chi connectivity index (χ3n) is 4.85. The van der Waals surface area contributed by atoms with E-state index in [2.05, 4.69) is 5.32 Å². The average Bonchev–Trinajstić information content (AvgIpc) is 2.77. The molecular weight excluding hydrogens is 366 g/mol. The summed E-state index contributed by atoms with van der Waals surface area (Å²) in [6.45, 7) is 1.75. The van der Waals surface area contributed by atoms with E-state index in [9.17, 15) is 9.90 Å². The number of carbonyl (C=O) groups is 1. The maximum Gasteiger partial charge on any atom is 0.251 e. The number of aliphatic hydroxyl groups is 1. The molecule has 3 rings (SSSR count). The van der Waals surface area contributed by atoms with Crippen molar-refractivity contribution in [2.75, 3.05) is 20.8 Å². The van der Waals surface area contributed by atoms with Gasteiger partial charge < -0.3 is 19.9 Å². The molecule has 0 aromatic heterocycles. The first-order valence-corrected chi connectivity index (χ1v) is 9.33. The molecule has 2 N–H and O–H groups in total. The molecule has 0 aliphatic carbocycles. The maximum absolute atomic E-state index is 12.5. The number of methoxy groups -OCH3 is 2. The molecule has 5 heteroatoms. The first-order chi connectivity index (χ1) is 13.9. The lowest BCUT2D eigenvalue weighted by Crippen LogP contribution is -2.38. The third-order valence-corrected chi connectivity index (χ3v) is 4.85. The van der Waals surface area contributed by atoms with E-state index in [1.807, 2.05) is 54.6 Å². The van der Waals surface area contributed by atoms with Gasteiger partial charge in [-0.2, -0.15) is 0 Å². The summed E-state index contributed by atoms with van der Waals surface area (Å²) >= 11 is 0. The van der Waals surface area contributed by atoms with Crippen LogP contribution in [0, 0.1) is 0 Å². The van der Waals surface area contributed by atoms with Gasteiger partial charge in [0.1, 0.15) is 5.60 Å². The van der Waals surface area contributed by atoms with Crippen LogP contribution in [0.15, 0.2) is 72.8 Å². The van der Waals surface area contributed by atoms with Crippen molar-refractivity contribution in [3.05, 3.63) is 83.9 Å². The van der Waals surface area contributed by atoms with Gasteiger partial charge in [0.15, 0.2) is 11.5 Å². The Labute approximate surface area is 170 Å². The van der Waals surface area contributed by atoms with Gasteiger partial charge in [0.05, 0.1) is 20.8 Å². The Morgan fingerprint density at radius 1 is 0.897 bits per heavy atom. The summed E-state index contributed by atoms with van der Waals surface area (Å²) in [6.07, 6.45) is 0. The predicted octanol–water partition coefficient (Wildman–Crippen LogP) is 4.01. The fraction of sp³-hybridized carbons (Fsp3) is 0.208. The van der Waals surface area contributed by atoms with Gasteiger partial charge in [0.25, 0.3) is 5.91 Å². The van der Waals surface area contributed by atoms with Gasteiger partial charge >= 0.3 is 0 Å². The molecule has 0 radical (unpaired) electrons. The van der Waals surface area contributed by atoms with Crippen LogP contribution in [0.2, 0.25) is 0 Å². The highest BCUT2D eigenvalue weighted by Gasteiger charge is 2.24. The molecule has 150 valence electrons. The summed E-state index contributed by atoms with van der Waals surface area (Å²) in [5.41, 5.74) is 2.13. The summed E-state index contributed by atoms with van der Waals surface area (Å²) < 4.78 is 10.4. The van der Waals surface area contributed by atoms with E-state index in [4.69, 9.17) is 9.47 Å². The standard InChI is InChI=1S/C24H25NO4/c1-24(27,20-12-9-18(10-13-20)17-7-5-4-6-8-17)16-25-23(26)19-11-14-21(28-2)22(15-19)29-3/h4-15,27H,16H2,1-3H3,(H,25,26). The summed E-state index contributed by atoms with van der Waals surface area (Å²) in [4.78, 5) is 12.5. The Balaban J connectivity index is 1.68. The number of hydrogen-bond acceptors (Lipinski definition) is 4. The first-order valence-electron chi connectivity index (χ1n) is 9.33. The molecule has 0 aliphatic rings. The Hall–Kier alpha value is -3.31. The van der Waals surface area contributed by atoms with Gasteiger partial charge in [-0.1, -0.05) is 54.6 Å². The largest absolute Gasteiger partial charge is 0.493 e. The molecule has 0 saturated heterocycles. The second-order valence-corrected chi connectivity index (χ2v) is 6.97. The molecule has 1 amide bonds. The number of hydrogen-bond donors (Lipinski definition) is 2. The zero-order valence-corrected chi connectivity index (χ0v) is 16.8. The average molecular weight is 391 g/mol. The molecule has 0 spiro atoms. The zero-order valence-electron chi connectivity index (χ0n) is 16.8. The van der Waals surface area contributed by atoms with Crippen LogP contribution in [-0.2, 0) is 5.60 Å². The fourth-order valence-corrected chi connectivity index (χ4v) is 3.09. The molecule has 1 atom stereocenters. The number of ether oxygens (including phenoxy) is 2. The van der Waals surface area contributed by atoms with Crippen LogP contribution in [0.25, 0.3) is 11.1 Å². The van der Waals surface area contributed by atoms with Gasteiger partial charge in [0, 0.05) is 5.56 Å². The molecule has 5 nitrogen and oxygen atoms in total. The second kappa shape index (κ2) is 8.80. The van der Waals surface area contributed by atoms with Crippen LogP contribution in [-0.4, -0.2) is 31.8 Å². The summed E-state index contributed by atoms with van der Waals surface area (Å²) in [6, 6.07) is 22.7. The number of benzene rings is 3. The third kappa shape index (κ3) is 4.76. The maximum atomic E-state index is 12.5. The molecule has 29 heavy (non-hydrogen) atoms. The molecule has 0 heterocycles. The molecule has 1 unspecified atom stereocenters. The highest BCUT2D eigenvalue weighted by Crippen LogP contribution is 2.28. The van der Waals surface area contributed by atoms with Gasteiger partial charge in [-0.15, -0.1) is 0 Å². The van der Waals surface area contributed by atoms with Crippen LogP contribution in [0.4, 0.5) is 0 Å². The van der Waals surface area contributed by atoms with Crippen molar-refractivity contribution >= 4 is 5.91 Å². The SMILES string of the molecule is COc1ccc(C(=O)NCC(C)(O)c2ccc(-c3ccccc3)cc2)cc1OC. The second-order valence-electron chi connectivity index (χ2n) is 6.97. The molecule has 0 saturated carbocycles. The smallest absolute Gasteiger partial charge is 0.251 e. The van der Waals surface area contributed by atoms with Crippen molar-refractivity contribution < 1.29 is 19.4 Å². The van der Waals surface area contributed by atoms with Crippen molar-refractivity contribution in [3.63, 3.8) is 0 Å². The monoisotopic (exact) mass is 391 g/mol. The fourth-order valence-electron chi connectivity index (χ4n) is 3.09. The quantitative estimate of drug-likeness (QED) is 0.639. The van der Waals surface area contributed by atoms with Crippen LogP contribution in [0.1, 0.15) is 22.8 Å². The predicted molar refractivity (Wildman–Crippen MR) is 113 cm³/mol. The minimum Gasteiger partial charge on any atom is -0.493 e. The van der Waals surface area contributed by atoms with Gasteiger partial charge in [-0.3, -0.25) is 4.79 Å². The Morgan fingerprint density at radius 3 is 2.14 bits per heavy atom. The highest BCUT2D eigenvalue weighted by molar-refractivity contribution is 5.95. The van der Waals surface area contributed by atoms with Crippen molar-refractivity contribution in [2.45, 2.75) is 12.5 Å². The van der Waals surface area contributed by atoms with Crippen LogP contribution in [0.5, 0.6) is 11.5 Å². The molecule has 0 fully saturated rings. The van der Waals surface area contributed by atoms with Crippen molar-refractivity contribution in [3.8, 4) is 22.6 Å². The summed E-state index contributed by atoms with van der Waals surface area (Å²) in [5, 5.41) is 13.7. The number of amides is 1. The van der Waals surface area contributed by atoms with Crippen molar-refractivity contribution in [1.82, 2.24) is 5.32 Å². The van der Waals surface area contributed by atoms with Crippen molar-refractivity contribution in [1.29, 1.82) is 0 Å². The van der Waals surface area contributed by atoms with E-state index >= 15 is 0 Å². The molecule has 0 aliphatic heterocycles. The van der Waals surface area contributed by atoms with Crippen LogP contribution >= 0.6 is 0 Å². The van der Waals surface area contributed by atoms with Gasteiger partial charge in [-0.25, -0.2) is 0 Å². The Kier molecular flexibility index (Phi) is 6.20. The van der Waals surface area contributed by atoms with E-state index in [0.29, 0.717) is 17.1 Å². The number of rotatable bonds is 7. The Morgan fingerprint density at radius 2 is 1.52 bits per heavy atom. The highest BCUT2D eigenvalue weighted by atomic mass is 16.5. The summed E-state index contributed by atoms with van der Waals surface area (Å²) in [7, 11) is 3.06. The Bertz CT molecular complexity index is 966. The lowest BCUT2D eigenvalue weighted by molar-refractivity contribution is 0.0526. The molecular formula is C24H25NO4. The van der Waals surface area contributed by atoms with E-state index < -0.39 is 5.60 Å². The number of carbonyl (C=O) groups excluding carboxylic acids is 1. The van der Waals surface area contributed by atoms with E-state index in [-0.39, 0.29) is 12.5 Å².